The van der Waals surface area contributed by atoms with Crippen LogP contribution < -0.4 is 5.32 Å². The summed E-state index contributed by atoms with van der Waals surface area (Å²) < 4.78 is 0. The van der Waals surface area contributed by atoms with Crippen LogP contribution in [0.2, 0.25) is 0 Å². The number of aryl methyl sites for hydroxylation is 1. The highest BCUT2D eigenvalue weighted by Gasteiger charge is 2.48. The second-order valence-corrected chi connectivity index (χ2v) is 5.61. The van der Waals surface area contributed by atoms with Crippen LogP contribution in [0.25, 0.3) is 0 Å². The van der Waals surface area contributed by atoms with Gasteiger partial charge in [0.1, 0.15) is 5.41 Å². The van der Waals surface area contributed by atoms with Gasteiger partial charge in [0.05, 0.1) is 0 Å². The van der Waals surface area contributed by atoms with Crippen LogP contribution >= 0.6 is 11.3 Å². The molecule has 18 heavy (non-hydrogen) atoms. The molecule has 2 heterocycles. The Balaban J connectivity index is 2.30. The molecule has 0 radical (unpaired) electrons. The topological polar surface area (TPSA) is 29.1 Å². The van der Waals surface area contributed by atoms with Crippen molar-refractivity contribution in [3.05, 3.63) is 51.7 Å². The van der Waals surface area contributed by atoms with Crippen molar-refractivity contribution in [2.24, 2.45) is 0 Å². The van der Waals surface area contributed by atoms with Crippen LogP contribution in [0, 0.1) is 6.92 Å². The number of amides is 1. The number of para-hydroxylation sites is 1. The number of carbonyl (C=O) groups excluding carboxylic acids is 1. The van der Waals surface area contributed by atoms with Crippen LogP contribution in [-0.2, 0) is 10.2 Å². The molecule has 2 aromatic rings. The quantitative estimate of drug-likeness (QED) is 0.873. The maximum Gasteiger partial charge on any atom is 0.240 e. The minimum Gasteiger partial charge on any atom is -0.325 e. The molecule has 1 aromatic heterocycles. The van der Waals surface area contributed by atoms with Crippen molar-refractivity contribution in [3.63, 3.8) is 0 Å². The Bertz CT molecular complexity index is 616. The fourth-order valence-corrected chi connectivity index (χ4v) is 4.07. The summed E-state index contributed by atoms with van der Waals surface area (Å²) in [6, 6.07) is 10.1. The van der Waals surface area contributed by atoms with E-state index >= 15 is 0 Å². The zero-order chi connectivity index (χ0) is 12.8. The van der Waals surface area contributed by atoms with E-state index in [9.17, 15) is 4.79 Å². The van der Waals surface area contributed by atoms with Crippen molar-refractivity contribution in [2.75, 3.05) is 5.32 Å². The third kappa shape index (κ3) is 1.31. The van der Waals surface area contributed by atoms with Gasteiger partial charge >= 0.3 is 0 Å². The molecule has 2 nitrogen and oxygen atoms in total. The SMILES string of the molecule is CCC1(c2sccc2C)C(=O)Nc2ccccc21. The summed E-state index contributed by atoms with van der Waals surface area (Å²) in [5, 5.41) is 5.09. The van der Waals surface area contributed by atoms with Gasteiger partial charge in [0.25, 0.3) is 0 Å². The molecule has 0 fully saturated rings. The number of fused-ring (bicyclic) bond motifs is 1. The van der Waals surface area contributed by atoms with Crippen LogP contribution in [0.3, 0.4) is 0 Å². The first-order valence-corrected chi connectivity index (χ1v) is 7.03. The molecule has 1 aromatic carbocycles. The Kier molecular flexibility index (Phi) is 2.52. The lowest BCUT2D eigenvalue weighted by molar-refractivity contribution is -0.119. The van der Waals surface area contributed by atoms with Gasteiger partial charge in [-0.15, -0.1) is 11.3 Å². The number of anilines is 1. The molecule has 0 saturated heterocycles. The van der Waals surface area contributed by atoms with E-state index in [4.69, 9.17) is 0 Å². The zero-order valence-corrected chi connectivity index (χ0v) is 11.3. The molecule has 0 saturated carbocycles. The van der Waals surface area contributed by atoms with Gasteiger partial charge in [0.2, 0.25) is 5.91 Å². The number of benzene rings is 1. The molecule has 0 spiro atoms. The normalized spacial score (nSPS) is 21.8. The van der Waals surface area contributed by atoms with Crippen LogP contribution in [0.4, 0.5) is 5.69 Å². The molecule has 92 valence electrons. The van der Waals surface area contributed by atoms with E-state index in [1.807, 2.05) is 18.2 Å². The molecular weight excluding hydrogens is 242 g/mol. The first-order valence-electron chi connectivity index (χ1n) is 6.15. The zero-order valence-electron chi connectivity index (χ0n) is 10.5. The lowest BCUT2D eigenvalue weighted by Crippen LogP contribution is -2.34. The van der Waals surface area contributed by atoms with Crippen molar-refractivity contribution in [3.8, 4) is 0 Å². The number of rotatable bonds is 2. The second-order valence-electron chi connectivity index (χ2n) is 4.69. The molecule has 1 N–H and O–H groups in total. The standard InChI is InChI=1S/C15H15NOS/c1-3-15(13-10(2)8-9-18-13)11-6-4-5-7-12(11)16-14(15)17/h4-9H,3H2,1-2H3,(H,16,17). The number of nitrogens with one attached hydrogen (secondary N) is 1. The van der Waals surface area contributed by atoms with Crippen LogP contribution in [0.15, 0.2) is 35.7 Å². The molecule has 0 bridgehead atoms. The molecule has 0 aliphatic carbocycles. The lowest BCUT2D eigenvalue weighted by Gasteiger charge is -2.25. The predicted molar refractivity (Wildman–Crippen MR) is 75.2 cm³/mol. The summed E-state index contributed by atoms with van der Waals surface area (Å²) in [4.78, 5) is 13.7. The second kappa shape index (κ2) is 3.95. The van der Waals surface area contributed by atoms with Gasteiger partial charge in [0, 0.05) is 10.6 Å². The number of hydrogen-bond donors (Lipinski definition) is 1. The summed E-state index contributed by atoms with van der Waals surface area (Å²) in [5.41, 5.74) is 2.78. The fourth-order valence-electron chi connectivity index (χ4n) is 2.86. The van der Waals surface area contributed by atoms with E-state index in [2.05, 4.69) is 36.7 Å². The van der Waals surface area contributed by atoms with Crippen molar-refractivity contribution >= 4 is 22.9 Å². The van der Waals surface area contributed by atoms with Crippen LogP contribution in [-0.4, -0.2) is 5.91 Å². The summed E-state index contributed by atoms with van der Waals surface area (Å²) >= 11 is 1.68. The third-order valence-corrected chi connectivity index (χ3v) is 4.98. The lowest BCUT2D eigenvalue weighted by atomic mass is 9.76. The van der Waals surface area contributed by atoms with E-state index in [0.29, 0.717) is 0 Å². The maximum atomic E-state index is 12.5. The maximum absolute atomic E-state index is 12.5. The largest absolute Gasteiger partial charge is 0.325 e. The van der Waals surface area contributed by atoms with Crippen molar-refractivity contribution in [2.45, 2.75) is 25.7 Å². The number of hydrogen-bond acceptors (Lipinski definition) is 2. The van der Waals surface area contributed by atoms with Gasteiger partial charge in [-0.1, -0.05) is 25.1 Å². The van der Waals surface area contributed by atoms with E-state index in [-0.39, 0.29) is 5.91 Å². The number of thiophene rings is 1. The van der Waals surface area contributed by atoms with E-state index in [1.165, 1.54) is 10.4 Å². The Hall–Kier alpha value is -1.61. The number of carbonyl (C=O) groups is 1. The highest BCUT2D eigenvalue weighted by molar-refractivity contribution is 7.10. The summed E-state index contributed by atoms with van der Waals surface area (Å²) in [6.07, 6.45) is 0.789. The molecule has 3 heteroatoms. The molecule has 1 amide bonds. The van der Waals surface area contributed by atoms with Gasteiger partial charge in [0.15, 0.2) is 0 Å². The Morgan fingerprint density at radius 1 is 1.28 bits per heavy atom. The summed E-state index contributed by atoms with van der Waals surface area (Å²) in [5.74, 6) is 0.108. The molecule has 1 atom stereocenters. The Morgan fingerprint density at radius 2 is 2.06 bits per heavy atom. The predicted octanol–water partition coefficient (Wildman–Crippen LogP) is 3.70. The average molecular weight is 257 g/mol. The van der Waals surface area contributed by atoms with E-state index in [0.717, 1.165) is 17.7 Å². The molecular formula is C15H15NOS. The monoisotopic (exact) mass is 257 g/mol. The Labute approximate surface area is 111 Å². The Morgan fingerprint density at radius 3 is 2.72 bits per heavy atom. The van der Waals surface area contributed by atoms with Gasteiger partial charge in [-0.2, -0.15) is 0 Å². The highest BCUT2D eigenvalue weighted by atomic mass is 32.1. The molecule has 1 unspecified atom stereocenters. The smallest absolute Gasteiger partial charge is 0.240 e. The van der Waals surface area contributed by atoms with Crippen LogP contribution in [0.1, 0.15) is 29.3 Å². The van der Waals surface area contributed by atoms with E-state index < -0.39 is 5.41 Å². The van der Waals surface area contributed by atoms with Gasteiger partial charge < -0.3 is 5.32 Å². The van der Waals surface area contributed by atoms with E-state index in [1.54, 1.807) is 11.3 Å². The minimum atomic E-state index is -0.491. The molecule has 1 aliphatic rings. The van der Waals surface area contributed by atoms with Gasteiger partial charge in [-0.25, -0.2) is 0 Å². The summed E-state index contributed by atoms with van der Waals surface area (Å²) in [7, 11) is 0. The summed E-state index contributed by atoms with van der Waals surface area (Å²) in [6.45, 7) is 4.16. The van der Waals surface area contributed by atoms with Crippen LogP contribution in [0.5, 0.6) is 0 Å². The molecule has 1 aliphatic heterocycles. The minimum absolute atomic E-state index is 0.108. The average Bonchev–Trinajstić information content (AvgIpc) is 2.91. The molecule has 3 rings (SSSR count). The van der Waals surface area contributed by atoms with Crippen molar-refractivity contribution in [1.82, 2.24) is 0 Å². The van der Waals surface area contributed by atoms with Crippen molar-refractivity contribution < 1.29 is 4.79 Å². The first-order chi connectivity index (χ1) is 8.70. The third-order valence-electron chi connectivity index (χ3n) is 3.80. The van der Waals surface area contributed by atoms with Crippen molar-refractivity contribution in [1.29, 1.82) is 0 Å². The highest BCUT2D eigenvalue weighted by Crippen LogP contribution is 2.47. The van der Waals surface area contributed by atoms with Gasteiger partial charge in [-0.3, -0.25) is 4.79 Å². The fraction of sp³-hybridized carbons (Fsp3) is 0.267. The van der Waals surface area contributed by atoms with Gasteiger partial charge in [-0.05, 0) is 42.0 Å². The first kappa shape index (κ1) is 11.5.